The molecule has 2 aromatic heterocycles. The van der Waals surface area contributed by atoms with Crippen LogP contribution in [0.4, 0.5) is 0 Å². The maximum absolute atomic E-state index is 12.6. The van der Waals surface area contributed by atoms with Crippen molar-refractivity contribution < 1.29 is 8.42 Å². The van der Waals surface area contributed by atoms with Crippen LogP contribution < -0.4 is 4.72 Å². The summed E-state index contributed by atoms with van der Waals surface area (Å²) in [5.74, 6) is 0.214. The first-order valence-electron chi connectivity index (χ1n) is 7.98. The third-order valence-corrected chi connectivity index (χ3v) is 6.12. The number of hydrogen-bond donors (Lipinski definition) is 1. The number of aryl methyl sites for hydroxylation is 2. The Kier molecular flexibility index (Phi) is 4.71. The van der Waals surface area contributed by atoms with E-state index in [9.17, 15) is 8.42 Å². The molecule has 3 heterocycles. The van der Waals surface area contributed by atoms with Gasteiger partial charge in [0.1, 0.15) is 4.90 Å². The fourth-order valence-corrected chi connectivity index (χ4v) is 4.76. The van der Waals surface area contributed by atoms with Crippen molar-refractivity contribution in [2.45, 2.75) is 24.3 Å². The Morgan fingerprint density at radius 2 is 2.17 bits per heavy atom. The quantitative estimate of drug-likeness (QED) is 0.874. The van der Waals surface area contributed by atoms with Gasteiger partial charge in [0.2, 0.25) is 10.0 Å². The third kappa shape index (κ3) is 3.35. The van der Waals surface area contributed by atoms with Crippen LogP contribution in [0.25, 0.3) is 0 Å². The molecule has 2 aromatic rings. The van der Waals surface area contributed by atoms with E-state index in [1.807, 2.05) is 18.3 Å². The van der Waals surface area contributed by atoms with Crippen LogP contribution in [0.1, 0.15) is 23.7 Å². The first-order valence-corrected chi connectivity index (χ1v) is 9.47. The van der Waals surface area contributed by atoms with E-state index < -0.39 is 10.0 Å². The fourth-order valence-electron chi connectivity index (χ4n) is 3.45. The molecule has 0 radical (unpaired) electrons. The average molecular weight is 349 g/mol. The summed E-state index contributed by atoms with van der Waals surface area (Å²) in [4.78, 5) is 6.69. The lowest BCUT2D eigenvalue weighted by Gasteiger charge is -2.25. The van der Waals surface area contributed by atoms with Gasteiger partial charge in [-0.2, -0.15) is 5.10 Å². The largest absolute Gasteiger partial charge is 0.299 e. The Labute approximate surface area is 142 Å². The maximum atomic E-state index is 12.6. The second-order valence-electron chi connectivity index (χ2n) is 6.36. The van der Waals surface area contributed by atoms with Crippen LogP contribution in [-0.2, 0) is 17.1 Å². The van der Waals surface area contributed by atoms with Gasteiger partial charge in [-0.3, -0.25) is 14.6 Å². The van der Waals surface area contributed by atoms with Crippen LogP contribution in [0.5, 0.6) is 0 Å². The van der Waals surface area contributed by atoms with Crippen molar-refractivity contribution in [2.75, 3.05) is 20.1 Å². The number of aromatic nitrogens is 3. The summed E-state index contributed by atoms with van der Waals surface area (Å²) >= 11 is 0. The van der Waals surface area contributed by atoms with Crippen LogP contribution in [0, 0.1) is 12.8 Å². The van der Waals surface area contributed by atoms with Gasteiger partial charge in [0, 0.05) is 38.2 Å². The zero-order valence-corrected chi connectivity index (χ0v) is 15.0. The van der Waals surface area contributed by atoms with E-state index in [1.165, 1.54) is 10.9 Å². The molecule has 3 rings (SSSR count). The Hall–Kier alpha value is -1.77. The Balaban J connectivity index is 1.75. The number of nitrogens with zero attached hydrogens (tertiary/aromatic N) is 4. The summed E-state index contributed by atoms with van der Waals surface area (Å²) in [5.41, 5.74) is 1.64. The van der Waals surface area contributed by atoms with E-state index >= 15 is 0 Å². The Morgan fingerprint density at radius 1 is 1.38 bits per heavy atom. The van der Waals surface area contributed by atoms with Gasteiger partial charge >= 0.3 is 0 Å². The highest BCUT2D eigenvalue weighted by molar-refractivity contribution is 7.89. The number of sulfonamides is 1. The van der Waals surface area contributed by atoms with E-state index in [1.54, 1.807) is 20.2 Å². The van der Waals surface area contributed by atoms with E-state index in [0.717, 1.165) is 18.5 Å². The van der Waals surface area contributed by atoms with E-state index in [4.69, 9.17) is 0 Å². The van der Waals surface area contributed by atoms with Crippen molar-refractivity contribution in [2.24, 2.45) is 13.0 Å². The smallest absolute Gasteiger partial charge is 0.243 e. The van der Waals surface area contributed by atoms with E-state index in [-0.39, 0.29) is 16.9 Å². The lowest BCUT2D eigenvalue weighted by Crippen LogP contribution is -2.32. The van der Waals surface area contributed by atoms with E-state index in [0.29, 0.717) is 12.2 Å². The molecule has 0 aromatic carbocycles. The van der Waals surface area contributed by atoms with Crippen LogP contribution in [-0.4, -0.2) is 48.2 Å². The van der Waals surface area contributed by atoms with Crippen molar-refractivity contribution in [1.29, 1.82) is 0 Å². The van der Waals surface area contributed by atoms with Gasteiger partial charge in [-0.05, 0) is 44.5 Å². The summed E-state index contributed by atoms with van der Waals surface area (Å²) in [6.45, 7) is 3.05. The molecular formula is C16H23N5O2S. The summed E-state index contributed by atoms with van der Waals surface area (Å²) < 4.78 is 29.4. The first kappa shape index (κ1) is 17.1. The van der Waals surface area contributed by atoms with Crippen LogP contribution in [0.3, 0.4) is 0 Å². The molecule has 1 aliphatic rings. The van der Waals surface area contributed by atoms with Crippen molar-refractivity contribution in [3.63, 3.8) is 0 Å². The molecule has 1 saturated heterocycles. The molecule has 8 heteroatoms. The minimum absolute atomic E-state index is 0.177. The zero-order chi connectivity index (χ0) is 17.3. The van der Waals surface area contributed by atoms with Crippen LogP contribution >= 0.6 is 0 Å². The molecule has 0 spiro atoms. The zero-order valence-electron chi connectivity index (χ0n) is 14.2. The normalized spacial score (nSPS) is 22.1. The van der Waals surface area contributed by atoms with Gasteiger partial charge < -0.3 is 0 Å². The molecule has 24 heavy (non-hydrogen) atoms. The molecule has 1 aliphatic heterocycles. The van der Waals surface area contributed by atoms with Gasteiger partial charge in [-0.25, -0.2) is 13.1 Å². The average Bonchev–Trinajstić information content (AvgIpc) is 3.08. The third-order valence-electron chi connectivity index (χ3n) is 4.59. The predicted molar refractivity (Wildman–Crippen MR) is 90.8 cm³/mol. The molecule has 7 nitrogen and oxygen atoms in total. The van der Waals surface area contributed by atoms with Gasteiger partial charge in [-0.15, -0.1) is 0 Å². The molecule has 2 atom stereocenters. The summed E-state index contributed by atoms with van der Waals surface area (Å²) in [6, 6.07) is 4.14. The highest BCUT2D eigenvalue weighted by Gasteiger charge is 2.34. The monoisotopic (exact) mass is 349 g/mol. The predicted octanol–water partition coefficient (Wildman–Crippen LogP) is 1.09. The highest BCUT2D eigenvalue weighted by Crippen LogP contribution is 2.35. The molecule has 0 saturated carbocycles. The molecule has 0 aliphatic carbocycles. The molecule has 0 unspecified atom stereocenters. The van der Waals surface area contributed by atoms with Crippen molar-refractivity contribution in [3.8, 4) is 0 Å². The van der Waals surface area contributed by atoms with Gasteiger partial charge in [-0.1, -0.05) is 6.07 Å². The summed E-state index contributed by atoms with van der Waals surface area (Å²) in [6.07, 6.45) is 6.10. The Morgan fingerprint density at radius 3 is 2.79 bits per heavy atom. The van der Waals surface area contributed by atoms with Gasteiger partial charge in [0.25, 0.3) is 0 Å². The summed E-state index contributed by atoms with van der Waals surface area (Å²) in [7, 11) is 0.237. The second kappa shape index (κ2) is 6.62. The fraction of sp³-hybridized carbons (Fsp3) is 0.500. The number of likely N-dealkylation sites (tertiary alicyclic amines) is 1. The molecule has 0 bridgehead atoms. The second-order valence-corrected chi connectivity index (χ2v) is 8.10. The topological polar surface area (TPSA) is 80.1 Å². The van der Waals surface area contributed by atoms with E-state index in [2.05, 4.69) is 26.8 Å². The molecule has 0 amide bonds. The van der Waals surface area contributed by atoms with Crippen molar-refractivity contribution >= 4 is 10.0 Å². The number of pyridine rings is 1. The van der Waals surface area contributed by atoms with Gasteiger partial charge in [0.05, 0.1) is 5.69 Å². The molecule has 1 fully saturated rings. The first-order chi connectivity index (χ1) is 11.4. The van der Waals surface area contributed by atoms with Crippen LogP contribution in [0.15, 0.2) is 35.6 Å². The SMILES string of the molecule is Cc1nn(C)cc1S(=O)(=O)NC[C@@H]1CCN(C)[C@H]1c1cccnc1. The standard InChI is InChI=1S/C16H23N5O2S/c1-12-15(11-21(3)19-12)24(22,23)18-10-14-6-8-20(2)16(14)13-5-4-7-17-9-13/h4-5,7,9,11,14,16,18H,6,8,10H2,1-3H3/t14-,16-/m0/s1. The Bertz CT molecular complexity index is 803. The summed E-state index contributed by atoms with van der Waals surface area (Å²) in [5, 5.41) is 4.11. The maximum Gasteiger partial charge on any atom is 0.243 e. The number of rotatable bonds is 5. The number of nitrogens with one attached hydrogen (secondary N) is 1. The van der Waals surface area contributed by atoms with Crippen LogP contribution in [0.2, 0.25) is 0 Å². The minimum atomic E-state index is -3.55. The lowest BCUT2D eigenvalue weighted by atomic mass is 9.95. The van der Waals surface area contributed by atoms with Gasteiger partial charge in [0.15, 0.2) is 0 Å². The van der Waals surface area contributed by atoms with Crippen molar-refractivity contribution in [3.05, 3.63) is 42.0 Å². The number of hydrogen-bond acceptors (Lipinski definition) is 5. The van der Waals surface area contributed by atoms with Crippen molar-refractivity contribution in [1.82, 2.24) is 24.4 Å². The molecule has 1 N–H and O–H groups in total. The highest BCUT2D eigenvalue weighted by atomic mass is 32.2. The molecular weight excluding hydrogens is 326 g/mol. The lowest BCUT2D eigenvalue weighted by molar-refractivity contribution is 0.276. The minimum Gasteiger partial charge on any atom is -0.299 e. The molecule has 130 valence electrons.